The van der Waals surface area contributed by atoms with Gasteiger partial charge in [-0.25, -0.2) is 4.79 Å². The van der Waals surface area contributed by atoms with Crippen molar-refractivity contribution in [2.45, 2.75) is 19.8 Å². The molecule has 0 spiro atoms. The van der Waals surface area contributed by atoms with Crippen LogP contribution in [0.1, 0.15) is 36.6 Å². The molecule has 3 aromatic carbocycles. The van der Waals surface area contributed by atoms with Gasteiger partial charge >= 0.3 is 6.03 Å². The predicted octanol–water partition coefficient (Wildman–Crippen LogP) is 7.02. The van der Waals surface area contributed by atoms with Gasteiger partial charge in [0, 0.05) is 40.2 Å². The number of urea groups is 1. The number of aromatic nitrogens is 1. The Balaban J connectivity index is 1.27. The van der Waals surface area contributed by atoms with E-state index < -0.39 is 0 Å². The van der Waals surface area contributed by atoms with Gasteiger partial charge in [0.05, 0.1) is 11.3 Å². The summed E-state index contributed by atoms with van der Waals surface area (Å²) in [5.41, 5.74) is 7.29. The molecule has 5 rings (SSSR count). The molecule has 0 radical (unpaired) electrons. The highest BCUT2D eigenvalue weighted by atomic mass is 16.2. The fourth-order valence-corrected chi connectivity index (χ4v) is 4.12. The minimum absolute atomic E-state index is 0.132. The quantitative estimate of drug-likeness (QED) is 0.193. The fraction of sp³-hybridized carbons (Fsp3) is 0.103. The summed E-state index contributed by atoms with van der Waals surface area (Å²) < 4.78 is 0. The number of rotatable bonds is 6. The number of H-pyrrole nitrogens is 1. The molecule has 0 unspecified atom stereocenters. The number of amides is 3. The Kier molecular flexibility index (Phi) is 6.28. The summed E-state index contributed by atoms with van der Waals surface area (Å²) in [4.78, 5) is 28.1. The Morgan fingerprint density at radius 3 is 2.31 bits per heavy atom. The van der Waals surface area contributed by atoms with Crippen LogP contribution in [0.5, 0.6) is 0 Å². The molecule has 1 aliphatic rings. The van der Waals surface area contributed by atoms with E-state index in [1.165, 1.54) is 0 Å². The monoisotopic (exact) mass is 477 g/mol. The van der Waals surface area contributed by atoms with Crippen molar-refractivity contribution in [2.75, 3.05) is 21.3 Å². The Labute approximate surface area is 209 Å². The molecule has 1 aromatic heterocycles. The zero-order chi connectivity index (χ0) is 25.1. The van der Waals surface area contributed by atoms with E-state index in [4.69, 9.17) is 0 Å². The first-order valence-electron chi connectivity index (χ1n) is 11.8. The fourth-order valence-electron chi connectivity index (χ4n) is 4.12. The third kappa shape index (κ3) is 5.15. The Morgan fingerprint density at radius 2 is 1.56 bits per heavy atom. The van der Waals surface area contributed by atoms with Crippen LogP contribution in [-0.2, 0) is 4.79 Å². The topological polar surface area (TPSA) is 98.0 Å². The van der Waals surface area contributed by atoms with Crippen LogP contribution < -0.4 is 21.3 Å². The summed E-state index contributed by atoms with van der Waals surface area (Å²) in [6, 6.07) is 24.5. The van der Waals surface area contributed by atoms with E-state index in [9.17, 15) is 9.59 Å². The number of carbonyl (C=O) groups excluding carboxylic acids is 2. The molecule has 0 saturated heterocycles. The van der Waals surface area contributed by atoms with Crippen LogP contribution in [0.4, 0.5) is 33.2 Å². The maximum atomic E-state index is 12.5. The minimum atomic E-state index is -0.310. The number of hydrogen-bond donors (Lipinski definition) is 5. The van der Waals surface area contributed by atoms with Crippen molar-refractivity contribution in [3.8, 4) is 0 Å². The molecule has 4 aromatic rings. The van der Waals surface area contributed by atoms with Crippen LogP contribution in [0.15, 0.2) is 85.1 Å². The van der Waals surface area contributed by atoms with Crippen molar-refractivity contribution in [3.05, 3.63) is 102 Å². The minimum Gasteiger partial charge on any atom is -0.362 e. The van der Waals surface area contributed by atoms with Gasteiger partial charge in [-0.3, -0.25) is 4.79 Å². The number of anilines is 5. The van der Waals surface area contributed by atoms with Crippen molar-refractivity contribution in [3.63, 3.8) is 0 Å². The highest BCUT2D eigenvalue weighted by Crippen LogP contribution is 2.35. The number of aromatic amines is 1. The molecular formula is C29H27N5O2. The molecule has 0 atom stereocenters. The van der Waals surface area contributed by atoms with Gasteiger partial charge in [-0.05, 0) is 72.2 Å². The standard InChI is InChI=1S/C29H27N5O2/c1-18(2)19-6-3-7-21(14-19)32-29(36)33-23-9-4-8-22(15-23)31-24-11-12-25-26(16-20-10-5-13-30-20)28(35)34-27(25)17-24/h3-18,30-31H,1-2H3,(H,34,35)(H2,32,33,36). The zero-order valence-corrected chi connectivity index (χ0v) is 20.1. The third-order valence-electron chi connectivity index (χ3n) is 5.94. The summed E-state index contributed by atoms with van der Waals surface area (Å²) >= 11 is 0. The number of nitrogens with one attached hydrogen (secondary N) is 5. The molecule has 0 fully saturated rings. The van der Waals surface area contributed by atoms with Gasteiger partial charge in [-0.1, -0.05) is 38.1 Å². The predicted molar refractivity (Wildman–Crippen MR) is 147 cm³/mol. The maximum absolute atomic E-state index is 12.5. The first-order chi connectivity index (χ1) is 17.4. The smallest absolute Gasteiger partial charge is 0.323 e. The first kappa shape index (κ1) is 23.0. The Morgan fingerprint density at radius 1 is 0.833 bits per heavy atom. The van der Waals surface area contributed by atoms with Gasteiger partial charge in [-0.2, -0.15) is 0 Å². The van der Waals surface area contributed by atoms with Crippen LogP contribution in [0.3, 0.4) is 0 Å². The molecule has 0 aliphatic carbocycles. The van der Waals surface area contributed by atoms with E-state index >= 15 is 0 Å². The summed E-state index contributed by atoms with van der Waals surface area (Å²) in [7, 11) is 0. The molecule has 0 saturated carbocycles. The molecule has 180 valence electrons. The van der Waals surface area contributed by atoms with Gasteiger partial charge in [0.1, 0.15) is 0 Å². The normalized spacial score (nSPS) is 13.4. The van der Waals surface area contributed by atoms with Crippen LogP contribution in [0.2, 0.25) is 0 Å². The van der Waals surface area contributed by atoms with Gasteiger partial charge in [-0.15, -0.1) is 0 Å². The van der Waals surface area contributed by atoms with E-state index in [-0.39, 0.29) is 11.9 Å². The van der Waals surface area contributed by atoms with Crippen LogP contribution in [0, 0.1) is 0 Å². The summed E-state index contributed by atoms with van der Waals surface area (Å²) in [5.74, 6) is 0.250. The van der Waals surface area contributed by atoms with Gasteiger partial charge < -0.3 is 26.3 Å². The van der Waals surface area contributed by atoms with E-state index in [1.54, 1.807) is 0 Å². The zero-order valence-electron chi connectivity index (χ0n) is 20.1. The largest absolute Gasteiger partial charge is 0.362 e. The van der Waals surface area contributed by atoms with E-state index in [1.807, 2.05) is 91.1 Å². The highest BCUT2D eigenvalue weighted by molar-refractivity contribution is 6.35. The van der Waals surface area contributed by atoms with Crippen molar-refractivity contribution in [2.24, 2.45) is 0 Å². The Hall–Kier alpha value is -4.78. The molecule has 1 aliphatic heterocycles. The third-order valence-corrected chi connectivity index (χ3v) is 5.94. The van der Waals surface area contributed by atoms with Crippen LogP contribution in [0.25, 0.3) is 11.6 Å². The second-order valence-electron chi connectivity index (χ2n) is 8.96. The molecule has 0 bridgehead atoms. The van der Waals surface area contributed by atoms with Crippen molar-refractivity contribution < 1.29 is 9.59 Å². The molecule has 7 nitrogen and oxygen atoms in total. The van der Waals surface area contributed by atoms with Crippen molar-refractivity contribution >= 4 is 52.0 Å². The second-order valence-corrected chi connectivity index (χ2v) is 8.96. The Bertz CT molecular complexity index is 1450. The number of hydrogen-bond acceptors (Lipinski definition) is 3. The highest BCUT2D eigenvalue weighted by Gasteiger charge is 2.24. The molecule has 3 amide bonds. The lowest BCUT2D eigenvalue weighted by atomic mass is 10.0. The molecule has 2 heterocycles. The van der Waals surface area contributed by atoms with Gasteiger partial charge in [0.25, 0.3) is 5.91 Å². The van der Waals surface area contributed by atoms with Crippen LogP contribution >= 0.6 is 0 Å². The second kappa shape index (κ2) is 9.84. The summed E-state index contributed by atoms with van der Waals surface area (Å²) in [6.07, 6.45) is 3.66. The number of benzene rings is 3. The molecule has 5 N–H and O–H groups in total. The maximum Gasteiger partial charge on any atom is 0.323 e. The average molecular weight is 478 g/mol. The first-order valence-corrected chi connectivity index (χ1v) is 11.8. The van der Waals surface area contributed by atoms with Gasteiger partial charge in [0.2, 0.25) is 0 Å². The van der Waals surface area contributed by atoms with Crippen LogP contribution in [-0.4, -0.2) is 16.9 Å². The SMILES string of the molecule is CC(C)c1cccc(NC(=O)Nc2cccc(Nc3ccc4c(c3)NC(=O)C4=Cc3ccc[nH]3)c2)c1. The van der Waals surface area contributed by atoms with Crippen molar-refractivity contribution in [1.29, 1.82) is 0 Å². The molecular weight excluding hydrogens is 450 g/mol. The lowest BCUT2D eigenvalue weighted by Crippen LogP contribution is -2.19. The number of fused-ring (bicyclic) bond motifs is 1. The molecule has 36 heavy (non-hydrogen) atoms. The van der Waals surface area contributed by atoms with Gasteiger partial charge in [0.15, 0.2) is 0 Å². The average Bonchev–Trinajstić information content (AvgIpc) is 3.47. The lowest BCUT2D eigenvalue weighted by Gasteiger charge is -2.12. The lowest BCUT2D eigenvalue weighted by molar-refractivity contribution is -0.110. The summed E-state index contributed by atoms with van der Waals surface area (Å²) in [5, 5.41) is 12.0. The number of carbonyl (C=O) groups is 2. The van der Waals surface area contributed by atoms with E-state index in [0.29, 0.717) is 17.2 Å². The van der Waals surface area contributed by atoms with E-state index in [2.05, 4.69) is 40.1 Å². The van der Waals surface area contributed by atoms with Crippen molar-refractivity contribution in [1.82, 2.24) is 4.98 Å². The molecule has 7 heteroatoms. The summed E-state index contributed by atoms with van der Waals surface area (Å²) in [6.45, 7) is 4.23. The van der Waals surface area contributed by atoms with E-state index in [0.717, 1.165) is 39.6 Å².